The van der Waals surface area contributed by atoms with Crippen LogP contribution in [-0.2, 0) is 4.74 Å². The summed E-state index contributed by atoms with van der Waals surface area (Å²) in [4.78, 5) is 0. The van der Waals surface area contributed by atoms with Crippen molar-refractivity contribution in [2.24, 2.45) is 0 Å². The molecule has 2 atom stereocenters. The van der Waals surface area contributed by atoms with Gasteiger partial charge in [0.1, 0.15) is 18.8 Å². The molecule has 0 aliphatic carbocycles. The number of rotatable bonds is 1. The standard InChI is InChI=1S/C6H10O5/c7-1-4-6(10)5(9)3(8)2-11-4/h4,6-10H,1-2H2/t4?,6-/m1/s1. The van der Waals surface area contributed by atoms with E-state index in [2.05, 4.69) is 0 Å². The van der Waals surface area contributed by atoms with Gasteiger partial charge in [0.25, 0.3) is 0 Å². The fraction of sp³-hybridized carbons (Fsp3) is 0.667. The van der Waals surface area contributed by atoms with Gasteiger partial charge in [-0.25, -0.2) is 0 Å². The third-order valence-electron chi connectivity index (χ3n) is 1.54. The Bertz CT molecular complexity index is 176. The third kappa shape index (κ3) is 1.45. The zero-order chi connectivity index (χ0) is 8.43. The molecule has 1 aliphatic rings. The second kappa shape index (κ2) is 3.08. The predicted octanol–water partition coefficient (Wildman–Crippen LogP) is -0.934. The monoisotopic (exact) mass is 162 g/mol. The molecule has 0 fully saturated rings. The number of hydrogen-bond acceptors (Lipinski definition) is 5. The molecule has 0 aromatic heterocycles. The van der Waals surface area contributed by atoms with Crippen LogP contribution < -0.4 is 0 Å². The zero-order valence-corrected chi connectivity index (χ0v) is 5.77. The Hall–Kier alpha value is -0.780. The Balaban J connectivity index is 2.73. The van der Waals surface area contributed by atoms with Crippen LogP contribution in [0, 0.1) is 0 Å². The van der Waals surface area contributed by atoms with E-state index < -0.39 is 24.6 Å². The maximum absolute atomic E-state index is 9.06. The Morgan fingerprint density at radius 1 is 1.45 bits per heavy atom. The summed E-state index contributed by atoms with van der Waals surface area (Å²) in [5.74, 6) is -0.905. The number of aliphatic hydroxyl groups excluding tert-OH is 4. The van der Waals surface area contributed by atoms with Crippen molar-refractivity contribution >= 4 is 0 Å². The molecule has 1 aliphatic heterocycles. The number of ether oxygens (including phenoxy) is 1. The first-order chi connectivity index (χ1) is 5.16. The molecular weight excluding hydrogens is 152 g/mol. The van der Waals surface area contributed by atoms with E-state index in [1.807, 2.05) is 0 Å². The van der Waals surface area contributed by atoms with Gasteiger partial charge < -0.3 is 25.2 Å². The first-order valence-electron chi connectivity index (χ1n) is 3.18. The van der Waals surface area contributed by atoms with E-state index in [-0.39, 0.29) is 12.4 Å². The Labute approximate surface area is 63.2 Å². The summed E-state index contributed by atoms with van der Waals surface area (Å²) < 4.78 is 4.75. The number of aliphatic hydroxyl groups is 4. The quantitative estimate of drug-likeness (QED) is 0.400. The van der Waals surface area contributed by atoms with Crippen molar-refractivity contribution in [2.45, 2.75) is 12.2 Å². The van der Waals surface area contributed by atoms with Crippen molar-refractivity contribution in [3.8, 4) is 0 Å². The Kier molecular flexibility index (Phi) is 2.33. The molecule has 0 aromatic carbocycles. The van der Waals surface area contributed by atoms with Crippen LogP contribution in [0.15, 0.2) is 11.5 Å². The van der Waals surface area contributed by atoms with Gasteiger partial charge >= 0.3 is 0 Å². The van der Waals surface area contributed by atoms with Gasteiger partial charge in [-0.3, -0.25) is 0 Å². The van der Waals surface area contributed by atoms with Crippen LogP contribution in [0.25, 0.3) is 0 Å². The lowest BCUT2D eigenvalue weighted by Crippen LogP contribution is -2.39. The fourth-order valence-corrected chi connectivity index (χ4v) is 0.850. The fourth-order valence-electron chi connectivity index (χ4n) is 0.850. The van der Waals surface area contributed by atoms with Gasteiger partial charge in [0.05, 0.1) is 6.61 Å². The van der Waals surface area contributed by atoms with Crippen molar-refractivity contribution in [3.63, 3.8) is 0 Å². The topological polar surface area (TPSA) is 90.2 Å². The van der Waals surface area contributed by atoms with Crippen LogP contribution in [0.3, 0.4) is 0 Å². The van der Waals surface area contributed by atoms with Gasteiger partial charge in [-0.1, -0.05) is 0 Å². The van der Waals surface area contributed by atoms with E-state index >= 15 is 0 Å². The molecule has 0 aromatic rings. The molecule has 5 nitrogen and oxygen atoms in total. The molecule has 5 heteroatoms. The molecular formula is C6H10O5. The highest BCUT2D eigenvalue weighted by molar-refractivity contribution is 5.09. The van der Waals surface area contributed by atoms with Crippen LogP contribution >= 0.6 is 0 Å². The molecule has 0 bridgehead atoms. The van der Waals surface area contributed by atoms with E-state index in [0.717, 1.165) is 0 Å². The Morgan fingerprint density at radius 3 is 2.64 bits per heavy atom. The average molecular weight is 162 g/mol. The van der Waals surface area contributed by atoms with E-state index in [1.54, 1.807) is 0 Å². The second-order valence-electron chi connectivity index (χ2n) is 2.31. The minimum absolute atomic E-state index is 0.172. The average Bonchev–Trinajstić information content (AvgIpc) is 2.01. The van der Waals surface area contributed by atoms with Gasteiger partial charge in [0.2, 0.25) is 0 Å². The van der Waals surface area contributed by atoms with E-state index in [0.29, 0.717) is 0 Å². The first kappa shape index (κ1) is 8.32. The zero-order valence-electron chi connectivity index (χ0n) is 5.77. The minimum atomic E-state index is -1.33. The molecule has 0 saturated heterocycles. The summed E-state index contributed by atoms with van der Waals surface area (Å²) >= 11 is 0. The lowest BCUT2D eigenvalue weighted by atomic mass is 10.1. The van der Waals surface area contributed by atoms with Gasteiger partial charge in [0.15, 0.2) is 11.5 Å². The molecule has 4 N–H and O–H groups in total. The van der Waals surface area contributed by atoms with Gasteiger partial charge in [-0.2, -0.15) is 0 Å². The van der Waals surface area contributed by atoms with E-state index in [9.17, 15) is 0 Å². The van der Waals surface area contributed by atoms with Gasteiger partial charge in [0, 0.05) is 0 Å². The summed E-state index contributed by atoms with van der Waals surface area (Å²) in [7, 11) is 0. The maximum atomic E-state index is 9.06. The van der Waals surface area contributed by atoms with Crippen LogP contribution in [-0.4, -0.2) is 45.8 Å². The maximum Gasteiger partial charge on any atom is 0.164 e. The van der Waals surface area contributed by atoms with Crippen molar-refractivity contribution in [1.82, 2.24) is 0 Å². The normalized spacial score (nSPS) is 32.5. The summed E-state index contributed by atoms with van der Waals surface area (Å²) in [5.41, 5.74) is 0. The summed E-state index contributed by atoms with van der Waals surface area (Å²) in [6.45, 7) is -0.563. The van der Waals surface area contributed by atoms with E-state index in [4.69, 9.17) is 25.2 Å². The largest absolute Gasteiger partial charge is 0.506 e. The van der Waals surface area contributed by atoms with Crippen LogP contribution in [0.1, 0.15) is 0 Å². The highest BCUT2D eigenvalue weighted by Crippen LogP contribution is 2.16. The van der Waals surface area contributed by atoms with Crippen molar-refractivity contribution < 1.29 is 25.2 Å². The third-order valence-corrected chi connectivity index (χ3v) is 1.54. The molecule has 1 rings (SSSR count). The lowest BCUT2D eigenvalue weighted by Gasteiger charge is -2.25. The predicted molar refractivity (Wildman–Crippen MR) is 35.1 cm³/mol. The molecule has 11 heavy (non-hydrogen) atoms. The highest BCUT2D eigenvalue weighted by Gasteiger charge is 2.30. The van der Waals surface area contributed by atoms with Crippen molar-refractivity contribution in [1.29, 1.82) is 0 Å². The van der Waals surface area contributed by atoms with E-state index in [1.165, 1.54) is 0 Å². The van der Waals surface area contributed by atoms with Gasteiger partial charge in [-0.05, 0) is 0 Å². The van der Waals surface area contributed by atoms with Gasteiger partial charge in [-0.15, -0.1) is 0 Å². The molecule has 0 amide bonds. The molecule has 0 spiro atoms. The number of hydrogen-bond donors (Lipinski definition) is 4. The highest BCUT2D eigenvalue weighted by atomic mass is 16.5. The van der Waals surface area contributed by atoms with Crippen molar-refractivity contribution in [2.75, 3.05) is 13.2 Å². The van der Waals surface area contributed by atoms with Crippen LogP contribution in [0.4, 0.5) is 0 Å². The molecule has 0 radical (unpaired) electrons. The molecule has 1 unspecified atom stereocenters. The molecule has 1 heterocycles. The van der Waals surface area contributed by atoms with Crippen LogP contribution in [0.2, 0.25) is 0 Å². The smallest absolute Gasteiger partial charge is 0.164 e. The molecule has 0 saturated carbocycles. The Morgan fingerprint density at radius 2 is 2.09 bits per heavy atom. The van der Waals surface area contributed by atoms with Crippen molar-refractivity contribution in [3.05, 3.63) is 11.5 Å². The summed E-state index contributed by atoms with van der Waals surface area (Å²) in [5, 5.41) is 35.4. The second-order valence-corrected chi connectivity index (χ2v) is 2.31. The van der Waals surface area contributed by atoms with Crippen LogP contribution in [0.5, 0.6) is 0 Å². The summed E-state index contributed by atoms with van der Waals surface area (Å²) in [6.07, 6.45) is -2.17. The summed E-state index contributed by atoms with van der Waals surface area (Å²) in [6, 6.07) is 0. The lowest BCUT2D eigenvalue weighted by molar-refractivity contribution is -0.0816. The molecule has 64 valence electrons. The first-order valence-corrected chi connectivity index (χ1v) is 3.18. The minimum Gasteiger partial charge on any atom is -0.506 e. The SMILES string of the molecule is OCC1OCC(O)=C(O)[C@@H]1O.